The Balaban J connectivity index is 2.30. The molecule has 2 atom stereocenters. The van der Waals surface area contributed by atoms with Crippen LogP contribution in [0.4, 0.5) is 0 Å². The highest BCUT2D eigenvalue weighted by molar-refractivity contribution is 5.53. The van der Waals surface area contributed by atoms with Crippen LogP contribution in [-0.4, -0.2) is 10.2 Å². The van der Waals surface area contributed by atoms with E-state index < -0.39 is 0 Å². The summed E-state index contributed by atoms with van der Waals surface area (Å²) in [7, 11) is 0. The summed E-state index contributed by atoms with van der Waals surface area (Å²) in [5.74, 6) is 0.733. The van der Waals surface area contributed by atoms with Crippen LogP contribution in [0.5, 0.6) is 11.5 Å². The van der Waals surface area contributed by atoms with E-state index in [1.165, 1.54) is 5.57 Å². The highest BCUT2D eigenvalue weighted by Crippen LogP contribution is 2.44. The Morgan fingerprint density at radius 2 is 1.96 bits per heavy atom. The molecule has 2 unspecified atom stereocenters. The summed E-state index contributed by atoms with van der Waals surface area (Å²) in [6, 6.07) is 3.98. The van der Waals surface area contributed by atoms with Gasteiger partial charge in [-0.05, 0) is 49.7 Å². The van der Waals surface area contributed by atoms with Crippen LogP contribution in [0.1, 0.15) is 69.9 Å². The third-order valence-electron chi connectivity index (χ3n) is 5.09. The van der Waals surface area contributed by atoms with Gasteiger partial charge in [0.1, 0.15) is 0 Å². The number of rotatable bonds is 6. The molecule has 1 aliphatic rings. The van der Waals surface area contributed by atoms with Crippen molar-refractivity contribution >= 4 is 0 Å². The lowest BCUT2D eigenvalue weighted by Gasteiger charge is -2.29. The summed E-state index contributed by atoms with van der Waals surface area (Å²) in [5, 5.41) is 20.9. The maximum Gasteiger partial charge on any atom is 0.161 e. The standard InChI is InChI=1S/C21H30O2/c1-5-6-7-8-16-11-12-18(21(23)20(16)22)19-13-17(14(2)3)10-9-15(19)4/h11-13,15,19,22-23H,2,5-10H2,1,3-4H3. The van der Waals surface area contributed by atoms with Gasteiger partial charge in [-0.25, -0.2) is 0 Å². The molecule has 0 bridgehead atoms. The molecule has 0 aromatic heterocycles. The minimum Gasteiger partial charge on any atom is -0.504 e. The second kappa shape index (κ2) is 7.72. The van der Waals surface area contributed by atoms with E-state index in [1.807, 2.05) is 19.1 Å². The first-order valence-electron chi connectivity index (χ1n) is 8.86. The average Bonchev–Trinajstić information content (AvgIpc) is 2.52. The molecule has 1 aromatic carbocycles. The Labute approximate surface area is 140 Å². The number of benzene rings is 1. The monoisotopic (exact) mass is 314 g/mol. The molecule has 0 spiro atoms. The van der Waals surface area contributed by atoms with E-state index in [-0.39, 0.29) is 17.4 Å². The predicted molar refractivity (Wildman–Crippen MR) is 97.0 cm³/mol. The lowest BCUT2D eigenvalue weighted by atomic mass is 9.76. The Morgan fingerprint density at radius 3 is 2.61 bits per heavy atom. The molecular formula is C21H30O2. The van der Waals surface area contributed by atoms with Crippen LogP contribution < -0.4 is 0 Å². The zero-order valence-electron chi connectivity index (χ0n) is 14.7. The van der Waals surface area contributed by atoms with Crippen LogP contribution in [0.25, 0.3) is 0 Å². The molecule has 0 fully saturated rings. The summed E-state index contributed by atoms with van der Waals surface area (Å²) in [5.41, 5.74) is 4.07. The van der Waals surface area contributed by atoms with Crippen molar-refractivity contribution in [3.63, 3.8) is 0 Å². The zero-order valence-corrected chi connectivity index (χ0v) is 14.7. The van der Waals surface area contributed by atoms with E-state index in [1.54, 1.807) is 0 Å². The van der Waals surface area contributed by atoms with Crippen molar-refractivity contribution in [1.82, 2.24) is 0 Å². The Bertz CT molecular complexity index is 598. The number of phenols is 2. The molecule has 0 amide bonds. The van der Waals surface area contributed by atoms with Gasteiger partial charge in [0.05, 0.1) is 0 Å². The van der Waals surface area contributed by atoms with E-state index >= 15 is 0 Å². The van der Waals surface area contributed by atoms with Gasteiger partial charge in [0, 0.05) is 11.5 Å². The number of hydrogen-bond acceptors (Lipinski definition) is 2. The van der Waals surface area contributed by atoms with Gasteiger partial charge in [0.25, 0.3) is 0 Å². The number of phenolic OH excluding ortho intramolecular Hbond substituents is 2. The largest absolute Gasteiger partial charge is 0.504 e. The fourth-order valence-corrected chi connectivity index (χ4v) is 3.45. The zero-order chi connectivity index (χ0) is 17.0. The SMILES string of the molecule is C=C(C)C1=CC(c2ccc(CCCCC)c(O)c2O)C(C)CC1. The fourth-order valence-electron chi connectivity index (χ4n) is 3.45. The molecule has 1 aliphatic carbocycles. The number of hydrogen-bond donors (Lipinski definition) is 2. The molecule has 2 N–H and O–H groups in total. The van der Waals surface area contributed by atoms with Gasteiger partial charge in [0.2, 0.25) is 0 Å². The van der Waals surface area contributed by atoms with Crippen molar-refractivity contribution in [2.75, 3.05) is 0 Å². The van der Waals surface area contributed by atoms with E-state index in [0.29, 0.717) is 5.92 Å². The molecule has 0 saturated carbocycles. The molecular weight excluding hydrogens is 284 g/mol. The first-order valence-corrected chi connectivity index (χ1v) is 8.86. The van der Waals surface area contributed by atoms with Gasteiger partial charge in [-0.2, -0.15) is 0 Å². The second-order valence-corrected chi connectivity index (χ2v) is 6.98. The quantitative estimate of drug-likeness (QED) is 0.511. The first-order chi connectivity index (χ1) is 11.0. The molecule has 0 saturated heterocycles. The molecule has 1 aromatic rings. The van der Waals surface area contributed by atoms with E-state index in [2.05, 4.69) is 26.5 Å². The molecule has 0 aliphatic heterocycles. The van der Waals surface area contributed by atoms with Crippen molar-refractivity contribution in [3.8, 4) is 11.5 Å². The molecule has 0 heterocycles. The fraction of sp³-hybridized carbons (Fsp3) is 0.524. The average molecular weight is 314 g/mol. The van der Waals surface area contributed by atoms with Crippen LogP contribution in [0, 0.1) is 5.92 Å². The lowest BCUT2D eigenvalue weighted by molar-refractivity contribution is 0.382. The highest BCUT2D eigenvalue weighted by atomic mass is 16.3. The molecule has 126 valence electrons. The molecule has 2 rings (SSSR count). The summed E-state index contributed by atoms with van der Waals surface area (Å²) >= 11 is 0. The Hall–Kier alpha value is -1.70. The van der Waals surface area contributed by atoms with E-state index in [4.69, 9.17) is 0 Å². The minimum absolute atomic E-state index is 0.0649. The number of allylic oxidation sites excluding steroid dienone is 3. The Kier molecular flexibility index (Phi) is 5.92. The number of aryl methyl sites for hydroxylation is 1. The van der Waals surface area contributed by atoms with Gasteiger partial charge < -0.3 is 10.2 Å². The van der Waals surface area contributed by atoms with Gasteiger partial charge >= 0.3 is 0 Å². The van der Waals surface area contributed by atoms with Gasteiger partial charge in [-0.3, -0.25) is 0 Å². The summed E-state index contributed by atoms with van der Waals surface area (Å²) < 4.78 is 0. The second-order valence-electron chi connectivity index (χ2n) is 6.98. The third kappa shape index (κ3) is 3.99. The maximum atomic E-state index is 10.5. The van der Waals surface area contributed by atoms with Crippen LogP contribution in [-0.2, 0) is 6.42 Å². The normalized spacial score (nSPS) is 21.1. The third-order valence-corrected chi connectivity index (χ3v) is 5.09. The van der Waals surface area contributed by atoms with Crippen LogP contribution in [0.15, 0.2) is 35.9 Å². The van der Waals surface area contributed by atoms with Crippen molar-refractivity contribution in [1.29, 1.82) is 0 Å². The number of unbranched alkanes of at least 4 members (excludes halogenated alkanes) is 2. The van der Waals surface area contributed by atoms with Gasteiger partial charge in [0.15, 0.2) is 11.5 Å². The van der Waals surface area contributed by atoms with E-state index in [9.17, 15) is 10.2 Å². The van der Waals surface area contributed by atoms with E-state index in [0.717, 1.165) is 55.2 Å². The van der Waals surface area contributed by atoms with Gasteiger partial charge in [-0.1, -0.05) is 57.0 Å². The topological polar surface area (TPSA) is 40.5 Å². The van der Waals surface area contributed by atoms with Crippen molar-refractivity contribution in [2.24, 2.45) is 5.92 Å². The molecule has 2 heteroatoms. The van der Waals surface area contributed by atoms with Crippen LogP contribution >= 0.6 is 0 Å². The van der Waals surface area contributed by atoms with Crippen molar-refractivity contribution < 1.29 is 10.2 Å². The molecule has 0 radical (unpaired) electrons. The van der Waals surface area contributed by atoms with Crippen LogP contribution in [0.3, 0.4) is 0 Å². The number of aromatic hydroxyl groups is 2. The van der Waals surface area contributed by atoms with Crippen molar-refractivity contribution in [3.05, 3.63) is 47.1 Å². The first kappa shape index (κ1) is 17.7. The smallest absolute Gasteiger partial charge is 0.161 e. The minimum atomic E-state index is 0.0649. The molecule has 23 heavy (non-hydrogen) atoms. The summed E-state index contributed by atoms with van der Waals surface area (Å²) in [6.07, 6.45) is 8.52. The van der Waals surface area contributed by atoms with Crippen molar-refractivity contribution in [2.45, 2.75) is 65.2 Å². The summed E-state index contributed by atoms with van der Waals surface area (Å²) in [4.78, 5) is 0. The van der Waals surface area contributed by atoms with Crippen LogP contribution in [0.2, 0.25) is 0 Å². The summed E-state index contributed by atoms with van der Waals surface area (Å²) in [6.45, 7) is 10.5. The van der Waals surface area contributed by atoms with Gasteiger partial charge in [-0.15, -0.1) is 0 Å². The highest BCUT2D eigenvalue weighted by Gasteiger charge is 2.26. The predicted octanol–water partition coefficient (Wildman–Crippen LogP) is 5.85. The maximum absolute atomic E-state index is 10.5. The molecule has 2 nitrogen and oxygen atoms in total. The lowest BCUT2D eigenvalue weighted by Crippen LogP contribution is -2.14. The Morgan fingerprint density at radius 1 is 1.22 bits per heavy atom.